The van der Waals surface area contributed by atoms with Crippen molar-refractivity contribution in [1.82, 2.24) is 20.2 Å². The molecule has 1 saturated heterocycles. The molecule has 4 aromatic rings. The number of aromatic amines is 1. The number of carbonyl (C=O) groups is 1. The quantitative estimate of drug-likeness (QED) is 0.418. The fourth-order valence-electron chi connectivity index (χ4n) is 4.17. The molecule has 2 aromatic carbocycles. The molecule has 0 atom stereocenters. The standard InChI is InChI=1S/C24H26N4O3S/c1-2-30-23(29)26-17-9-11-28(12-10-17)15-16-14-25-21-13-18(7-8-19(16)21)31-24-27-20-5-3-4-6-22(20)32-24/h3-8,13-14,17,25H,2,9-12,15H2,1H3,(H,26,29). The summed E-state index contributed by atoms with van der Waals surface area (Å²) >= 11 is 1.55. The summed E-state index contributed by atoms with van der Waals surface area (Å²) in [4.78, 5) is 22.0. The van der Waals surface area contributed by atoms with Crippen LogP contribution in [0.3, 0.4) is 0 Å². The smallest absolute Gasteiger partial charge is 0.407 e. The second-order valence-electron chi connectivity index (χ2n) is 7.99. The van der Waals surface area contributed by atoms with E-state index >= 15 is 0 Å². The SMILES string of the molecule is CCOC(=O)NC1CCN(Cc2c[nH]c3cc(Oc4nc5ccccc5s4)ccc23)CC1. The Morgan fingerprint density at radius 3 is 2.91 bits per heavy atom. The minimum Gasteiger partial charge on any atom is -0.450 e. The van der Waals surface area contributed by atoms with E-state index in [0.717, 1.165) is 54.0 Å². The van der Waals surface area contributed by atoms with Gasteiger partial charge in [-0.1, -0.05) is 23.5 Å². The number of aromatic nitrogens is 2. The zero-order chi connectivity index (χ0) is 21.9. The number of H-pyrrole nitrogens is 1. The first-order valence-corrected chi connectivity index (χ1v) is 11.8. The van der Waals surface area contributed by atoms with Gasteiger partial charge in [-0.25, -0.2) is 9.78 Å². The second-order valence-corrected chi connectivity index (χ2v) is 8.98. The summed E-state index contributed by atoms with van der Waals surface area (Å²) in [6, 6.07) is 14.4. The van der Waals surface area contributed by atoms with Crippen LogP contribution >= 0.6 is 11.3 Å². The number of hydrogen-bond acceptors (Lipinski definition) is 6. The van der Waals surface area contributed by atoms with Crippen LogP contribution in [0.2, 0.25) is 0 Å². The maximum Gasteiger partial charge on any atom is 0.407 e. The van der Waals surface area contributed by atoms with Gasteiger partial charge in [0.15, 0.2) is 0 Å². The van der Waals surface area contributed by atoms with Crippen molar-refractivity contribution in [3.63, 3.8) is 0 Å². The van der Waals surface area contributed by atoms with E-state index in [-0.39, 0.29) is 12.1 Å². The number of nitrogens with zero attached hydrogens (tertiary/aromatic N) is 2. The van der Waals surface area contributed by atoms with Gasteiger partial charge in [-0.05, 0) is 49.6 Å². The van der Waals surface area contributed by atoms with Gasteiger partial charge in [-0.2, -0.15) is 0 Å². The Kier molecular flexibility index (Phi) is 5.96. The fourth-order valence-corrected chi connectivity index (χ4v) is 5.01. The van der Waals surface area contributed by atoms with Crippen molar-refractivity contribution in [2.24, 2.45) is 0 Å². The number of likely N-dealkylation sites (tertiary alicyclic amines) is 1. The fraction of sp³-hybridized carbons (Fsp3) is 0.333. The summed E-state index contributed by atoms with van der Waals surface area (Å²) in [6.45, 7) is 4.99. The van der Waals surface area contributed by atoms with Crippen LogP contribution in [0.15, 0.2) is 48.7 Å². The highest BCUT2D eigenvalue weighted by atomic mass is 32.1. The Hall–Kier alpha value is -3.10. The first-order chi connectivity index (χ1) is 15.7. The highest BCUT2D eigenvalue weighted by Gasteiger charge is 2.22. The lowest BCUT2D eigenvalue weighted by atomic mass is 10.0. The lowest BCUT2D eigenvalue weighted by molar-refractivity contribution is 0.136. The predicted molar refractivity (Wildman–Crippen MR) is 126 cm³/mol. The van der Waals surface area contributed by atoms with Crippen LogP contribution in [0.4, 0.5) is 4.79 Å². The van der Waals surface area contributed by atoms with E-state index in [1.165, 1.54) is 10.9 Å². The van der Waals surface area contributed by atoms with Gasteiger partial charge < -0.3 is 19.8 Å². The minimum absolute atomic E-state index is 0.190. The predicted octanol–water partition coefficient (Wildman–Crippen LogP) is 5.28. The van der Waals surface area contributed by atoms with Gasteiger partial charge in [-0.3, -0.25) is 4.90 Å². The van der Waals surface area contributed by atoms with Gasteiger partial charge in [0.1, 0.15) is 5.75 Å². The monoisotopic (exact) mass is 450 g/mol. The largest absolute Gasteiger partial charge is 0.450 e. The molecule has 5 rings (SSSR count). The maximum atomic E-state index is 11.6. The Morgan fingerprint density at radius 2 is 2.09 bits per heavy atom. The average molecular weight is 451 g/mol. The number of para-hydroxylation sites is 1. The first kappa shape index (κ1) is 20.8. The van der Waals surface area contributed by atoms with Crippen molar-refractivity contribution < 1.29 is 14.3 Å². The lowest BCUT2D eigenvalue weighted by Gasteiger charge is -2.32. The number of piperidine rings is 1. The number of alkyl carbamates (subject to hydrolysis) is 1. The van der Waals surface area contributed by atoms with Gasteiger partial charge in [0, 0.05) is 48.8 Å². The Labute approximate surface area is 190 Å². The van der Waals surface area contributed by atoms with Gasteiger partial charge in [0.2, 0.25) is 0 Å². The lowest BCUT2D eigenvalue weighted by Crippen LogP contribution is -2.44. The molecule has 0 saturated carbocycles. The molecule has 0 bridgehead atoms. The zero-order valence-corrected chi connectivity index (χ0v) is 18.8. The molecule has 1 aliphatic heterocycles. The molecule has 0 unspecified atom stereocenters. The molecular formula is C24H26N4O3S. The van der Waals surface area contributed by atoms with Crippen LogP contribution in [-0.4, -0.2) is 46.7 Å². The summed E-state index contributed by atoms with van der Waals surface area (Å²) in [6.07, 6.45) is 3.63. The zero-order valence-electron chi connectivity index (χ0n) is 18.0. The van der Waals surface area contributed by atoms with E-state index in [0.29, 0.717) is 11.8 Å². The van der Waals surface area contributed by atoms with E-state index in [4.69, 9.17) is 9.47 Å². The molecule has 2 aromatic heterocycles. The molecule has 1 fully saturated rings. The molecule has 0 aliphatic carbocycles. The van der Waals surface area contributed by atoms with Crippen molar-refractivity contribution in [3.8, 4) is 10.9 Å². The van der Waals surface area contributed by atoms with E-state index in [9.17, 15) is 4.79 Å². The number of thiazole rings is 1. The number of carbonyl (C=O) groups excluding carboxylic acids is 1. The number of amides is 1. The molecule has 1 aliphatic rings. The Balaban J connectivity index is 1.21. The number of nitrogens with one attached hydrogen (secondary N) is 2. The number of fused-ring (bicyclic) bond motifs is 2. The van der Waals surface area contributed by atoms with Gasteiger partial charge >= 0.3 is 6.09 Å². The van der Waals surface area contributed by atoms with Crippen molar-refractivity contribution in [1.29, 1.82) is 0 Å². The minimum atomic E-state index is -0.313. The second kappa shape index (κ2) is 9.18. The summed E-state index contributed by atoms with van der Waals surface area (Å²) in [5.41, 5.74) is 3.28. The molecular weight excluding hydrogens is 424 g/mol. The molecule has 166 valence electrons. The van der Waals surface area contributed by atoms with Gasteiger partial charge in [0.25, 0.3) is 5.19 Å². The topological polar surface area (TPSA) is 79.5 Å². The molecule has 7 nitrogen and oxygen atoms in total. The highest BCUT2D eigenvalue weighted by Crippen LogP contribution is 2.33. The third-order valence-corrected chi connectivity index (χ3v) is 6.71. The Morgan fingerprint density at radius 1 is 1.25 bits per heavy atom. The van der Waals surface area contributed by atoms with Crippen molar-refractivity contribution >= 4 is 38.5 Å². The Bertz CT molecular complexity index is 1190. The molecule has 8 heteroatoms. The summed E-state index contributed by atoms with van der Waals surface area (Å²) in [7, 11) is 0. The number of rotatable bonds is 6. The number of hydrogen-bond donors (Lipinski definition) is 2. The third kappa shape index (κ3) is 4.56. The van der Waals surface area contributed by atoms with Crippen molar-refractivity contribution in [2.45, 2.75) is 32.4 Å². The molecule has 3 heterocycles. The van der Waals surface area contributed by atoms with Crippen LogP contribution in [0.25, 0.3) is 21.1 Å². The third-order valence-electron chi connectivity index (χ3n) is 5.80. The summed E-state index contributed by atoms with van der Waals surface area (Å²) in [5, 5.41) is 4.80. The van der Waals surface area contributed by atoms with E-state index in [1.54, 1.807) is 11.3 Å². The average Bonchev–Trinajstić information content (AvgIpc) is 3.38. The van der Waals surface area contributed by atoms with Crippen molar-refractivity contribution in [2.75, 3.05) is 19.7 Å². The molecule has 0 spiro atoms. The van der Waals surface area contributed by atoms with Crippen LogP contribution in [0, 0.1) is 0 Å². The molecule has 2 N–H and O–H groups in total. The summed E-state index contributed by atoms with van der Waals surface area (Å²) in [5.74, 6) is 0.774. The van der Waals surface area contributed by atoms with E-state index < -0.39 is 0 Å². The van der Waals surface area contributed by atoms with E-state index in [1.807, 2.05) is 37.3 Å². The van der Waals surface area contributed by atoms with Crippen LogP contribution in [-0.2, 0) is 11.3 Å². The van der Waals surface area contributed by atoms with Crippen molar-refractivity contribution in [3.05, 3.63) is 54.2 Å². The molecule has 1 amide bonds. The van der Waals surface area contributed by atoms with Gasteiger partial charge in [0.05, 0.1) is 16.8 Å². The van der Waals surface area contributed by atoms with Crippen LogP contribution in [0.5, 0.6) is 10.9 Å². The van der Waals surface area contributed by atoms with Crippen LogP contribution in [0.1, 0.15) is 25.3 Å². The first-order valence-electron chi connectivity index (χ1n) is 11.0. The number of benzene rings is 2. The molecule has 32 heavy (non-hydrogen) atoms. The summed E-state index contributed by atoms with van der Waals surface area (Å²) < 4.78 is 12.1. The normalized spacial score (nSPS) is 15.3. The molecule has 0 radical (unpaired) electrons. The maximum absolute atomic E-state index is 11.6. The number of ether oxygens (including phenoxy) is 2. The van der Waals surface area contributed by atoms with Crippen LogP contribution < -0.4 is 10.1 Å². The van der Waals surface area contributed by atoms with Gasteiger partial charge in [-0.15, -0.1) is 0 Å². The highest BCUT2D eigenvalue weighted by molar-refractivity contribution is 7.20. The van der Waals surface area contributed by atoms with E-state index in [2.05, 4.69) is 38.5 Å².